The highest BCUT2D eigenvalue weighted by atomic mass is 16.5. The van der Waals surface area contributed by atoms with E-state index in [2.05, 4.69) is 0 Å². The second kappa shape index (κ2) is 6.76. The van der Waals surface area contributed by atoms with Gasteiger partial charge < -0.3 is 14.6 Å². The molecular formula is C17H16O5. The average molecular weight is 300 g/mol. The Morgan fingerprint density at radius 2 is 1.45 bits per heavy atom. The molecule has 5 heteroatoms. The van der Waals surface area contributed by atoms with Crippen molar-refractivity contribution in [3.63, 3.8) is 0 Å². The predicted octanol–water partition coefficient (Wildman–Crippen LogP) is 2.75. The fourth-order valence-electron chi connectivity index (χ4n) is 2.29. The molecule has 0 fully saturated rings. The fraction of sp³-hybridized carbons (Fsp3) is 0.176. The second-order valence-electron chi connectivity index (χ2n) is 4.58. The number of carbonyl (C=O) groups is 2. The SMILES string of the molecule is COc1cccc(OC)c1C(=O)C(C(=O)O)c1ccccc1. The summed E-state index contributed by atoms with van der Waals surface area (Å²) in [5.41, 5.74) is 0.539. The zero-order valence-electron chi connectivity index (χ0n) is 12.3. The van der Waals surface area contributed by atoms with Crippen molar-refractivity contribution >= 4 is 11.8 Å². The average Bonchev–Trinajstić information content (AvgIpc) is 2.54. The minimum absolute atomic E-state index is 0.128. The Hall–Kier alpha value is -2.82. The van der Waals surface area contributed by atoms with Gasteiger partial charge in [0.25, 0.3) is 0 Å². The van der Waals surface area contributed by atoms with Gasteiger partial charge in [0.05, 0.1) is 14.2 Å². The standard InChI is InChI=1S/C17H16O5/c1-21-12-9-6-10-13(22-2)15(12)16(18)14(17(19)20)11-7-4-3-5-8-11/h3-10,14H,1-2H3,(H,19,20). The number of carboxylic acids is 1. The van der Waals surface area contributed by atoms with Gasteiger partial charge in [-0.2, -0.15) is 0 Å². The quantitative estimate of drug-likeness (QED) is 0.656. The number of methoxy groups -OCH3 is 2. The molecule has 2 aromatic carbocycles. The molecule has 1 N–H and O–H groups in total. The molecule has 0 spiro atoms. The summed E-state index contributed by atoms with van der Waals surface area (Å²) in [5.74, 6) is -2.54. The largest absolute Gasteiger partial charge is 0.496 e. The van der Waals surface area contributed by atoms with Crippen molar-refractivity contribution in [3.8, 4) is 11.5 Å². The van der Waals surface area contributed by atoms with Gasteiger partial charge in [0.1, 0.15) is 23.0 Å². The Labute approximate surface area is 128 Å². The van der Waals surface area contributed by atoms with Crippen molar-refractivity contribution in [1.29, 1.82) is 0 Å². The number of hydrogen-bond acceptors (Lipinski definition) is 4. The molecule has 0 heterocycles. The molecule has 0 aromatic heterocycles. The lowest BCUT2D eigenvalue weighted by atomic mass is 9.90. The molecule has 0 saturated carbocycles. The highest BCUT2D eigenvalue weighted by molar-refractivity contribution is 6.15. The summed E-state index contributed by atoms with van der Waals surface area (Å²) >= 11 is 0. The van der Waals surface area contributed by atoms with Crippen molar-refractivity contribution in [2.45, 2.75) is 5.92 Å². The van der Waals surface area contributed by atoms with Gasteiger partial charge in [0.15, 0.2) is 5.78 Å². The molecule has 0 amide bonds. The molecule has 2 aromatic rings. The van der Waals surface area contributed by atoms with Crippen LogP contribution in [0.2, 0.25) is 0 Å². The summed E-state index contributed by atoms with van der Waals surface area (Å²) in [5, 5.41) is 9.48. The zero-order chi connectivity index (χ0) is 16.1. The number of rotatable bonds is 6. The normalized spacial score (nSPS) is 11.5. The van der Waals surface area contributed by atoms with Gasteiger partial charge in [-0.25, -0.2) is 0 Å². The molecule has 114 valence electrons. The van der Waals surface area contributed by atoms with E-state index >= 15 is 0 Å². The highest BCUT2D eigenvalue weighted by Gasteiger charge is 2.33. The van der Waals surface area contributed by atoms with Crippen molar-refractivity contribution in [1.82, 2.24) is 0 Å². The smallest absolute Gasteiger partial charge is 0.318 e. The molecule has 0 aliphatic carbocycles. The van der Waals surface area contributed by atoms with Crippen LogP contribution in [0.1, 0.15) is 21.8 Å². The summed E-state index contributed by atoms with van der Waals surface area (Å²) in [4.78, 5) is 24.4. The topological polar surface area (TPSA) is 72.8 Å². The van der Waals surface area contributed by atoms with E-state index in [1.165, 1.54) is 14.2 Å². The van der Waals surface area contributed by atoms with Crippen LogP contribution in [0.25, 0.3) is 0 Å². The molecule has 2 rings (SSSR count). The minimum Gasteiger partial charge on any atom is -0.496 e. The first-order valence-corrected chi connectivity index (χ1v) is 6.63. The Morgan fingerprint density at radius 1 is 0.909 bits per heavy atom. The third-order valence-corrected chi connectivity index (χ3v) is 3.32. The Balaban J connectivity index is 2.56. The molecule has 0 aliphatic heterocycles. The Kier molecular flexibility index (Phi) is 4.78. The van der Waals surface area contributed by atoms with Gasteiger partial charge >= 0.3 is 5.97 Å². The number of Topliss-reactive ketones (excluding diaryl/α,β-unsaturated/α-hetero) is 1. The first-order chi connectivity index (χ1) is 10.6. The summed E-state index contributed by atoms with van der Waals surface area (Å²) in [6.45, 7) is 0. The van der Waals surface area contributed by atoms with E-state index < -0.39 is 17.7 Å². The summed E-state index contributed by atoms with van der Waals surface area (Å²) in [6, 6.07) is 13.2. The fourth-order valence-corrected chi connectivity index (χ4v) is 2.29. The van der Waals surface area contributed by atoms with Gasteiger partial charge in [-0.3, -0.25) is 9.59 Å². The molecule has 1 unspecified atom stereocenters. The lowest BCUT2D eigenvalue weighted by Crippen LogP contribution is -2.22. The molecule has 0 aliphatic rings. The van der Waals surface area contributed by atoms with Crippen LogP contribution >= 0.6 is 0 Å². The van der Waals surface area contributed by atoms with Gasteiger partial charge in [-0.1, -0.05) is 36.4 Å². The molecule has 22 heavy (non-hydrogen) atoms. The molecule has 0 bridgehead atoms. The molecular weight excluding hydrogens is 284 g/mol. The Bertz CT molecular complexity index is 656. The van der Waals surface area contributed by atoms with Crippen molar-refractivity contribution in [2.75, 3.05) is 14.2 Å². The van der Waals surface area contributed by atoms with E-state index in [9.17, 15) is 14.7 Å². The van der Waals surface area contributed by atoms with Crippen LogP contribution in [0.3, 0.4) is 0 Å². The molecule has 0 radical (unpaired) electrons. The van der Waals surface area contributed by atoms with Gasteiger partial charge in [0.2, 0.25) is 0 Å². The third-order valence-electron chi connectivity index (χ3n) is 3.32. The number of carboxylic acid groups (broad SMARTS) is 1. The van der Waals surface area contributed by atoms with Crippen LogP contribution in [0.4, 0.5) is 0 Å². The summed E-state index contributed by atoms with van der Waals surface area (Å²) in [6.07, 6.45) is 0. The van der Waals surface area contributed by atoms with E-state index in [4.69, 9.17) is 9.47 Å². The van der Waals surface area contributed by atoms with E-state index in [0.29, 0.717) is 5.56 Å². The second-order valence-corrected chi connectivity index (χ2v) is 4.58. The van der Waals surface area contributed by atoms with Crippen LogP contribution in [0.15, 0.2) is 48.5 Å². The number of benzene rings is 2. The van der Waals surface area contributed by atoms with E-state index in [1.54, 1.807) is 48.5 Å². The molecule has 5 nitrogen and oxygen atoms in total. The van der Waals surface area contributed by atoms with E-state index in [0.717, 1.165) is 0 Å². The van der Waals surface area contributed by atoms with Crippen molar-refractivity contribution in [3.05, 3.63) is 59.7 Å². The van der Waals surface area contributed by atoms with Crippen LogP contribution < -0.4 is 9.47 Å². The minimum atomic E-state index is -1.31. The third kappa shape index (κ3) is 2.93. The highest BCUT2D eigenvalue weighted by Crippen LogP contribution is 2.33. The lowest BCUT2D eigenvalue weighted by molar-refractivity contribution is -0.137. The maximum absolute atomic E-state index is 12.8. The van der Waals surface area contributed by atoms with Gasteiger partial charge in [0, 0.05) is 0 Å². The summed E-state index contributed by atoms with van der Waals surface area (Å²) < 4.78 is 10.4. The maximum atomic E-state index is 12.8. The van der Waals surface area contributed by atoms with Crippen LogP contribution in [-0.4, -0.2) is 31.1 Å². The van der Waals surface area contributed by atoms with Crippen molar-refractivity contribution in [2.24, 2.45) is 0 Å². The first kappa shape index (κ1) is 15.6. The van der Waals surface area contributed by atoms with Crippen LogP contribution in [0, 0.1) is 0 Å². The number of ether oxygens (including phenoxy) is 2. The number of carbonyl (C=O) groups excluding carboxylic acids is 1. The number of aliphatic carboxylic acids is 1. The first-order valence-electron chi connectivity index (χ1n) is 6.63. The molecule has 0 saturated heterocycles. The van der Waals surface area contributed by atoms with Gasteiger partial charge in [-0.05, 0) is 17.7 Å². The van der Waals surface area contributed by atoms with Crippen LogP contribution in [0.5, 0.6) is 11.5 Å². The van der Waals surface area contributed by atoms with Crippen LogP contribution in [-0.2, 0) is 4.79 Å². The van der Waals surface area contributed by atoms with Gasteiger partial charge in [-0.15, -0.1) is 0 Å². The van der Waals surface area contributed by atoms with E-state index in [1.807, 2.05) is 0 Å². The Morgan fingerprint density at radius 3 is 1.91 bits per heavy atom. The molecule has 1 atom stereocenters. The predicted molar refractivity (Wildman–Crippen MR) is 80.7 cm³/mol. The number of hydrogen-bond donors (Lipinski definition) is 1. The lowest BCUT2D eigenvalue weighted by Gasteiger charge is -2.16. The van der Waals surface area contributed by atoms with E-state index in [-0.39, 0.29) is 17.1 Å². The summed E-state index contributed by atoms with van der Waals surface area (Å²) in [7, 11) is 2.84. The maximum Gasteiger partial charge on any atom is 0.318 e. The number of ketones is 1. The zero-order valence-corrected chi connectivity index (χ0v) is 12.3. The van der Waals surface area contributed by atoms with Crippen molar-refractivity contribution < 1.29 is 24.2 Å². The monoisotopic (exact) mass is 300 g/mol.